The fourth-order valence-corrected chi connectivity index (χ4v) is 1.92. The lowest BCUT2D eigenvalue weighted by atomic mass is 10.1. The first kappa shape index (κ1) is 13.8. The molecule has 100 valence electrons. The molecule has 2 nitrogen and oxygen atoms in total. The van der Waals surface area contributed by atoms with Crippen LogP contribution in [-0.4, -0.2) is 5.78 Å². The molecule has 0 heterocycles. The minimum absolute atomic E-state index is 0.00770. The van der Waals surface area contributed by atoms with E-state index in [2.05, 4.69) is 11.9 Å². The molecule has 0 unspecified atom stereocenters. The fourth-order valence-electron chi connectivity index (χ4n) is 1.92. The summed E-state index contributed by atoms with van der Waals surface area (Å²) in [5.41, 5.74) is 3.43. The first-order valence-corrected chi connectivity index (χ1v) is 6.47. The van der Waals surface area contributed by atoms with Gasteiger partial charge < -0.3 is 5.32 Å². The van der Waals surface area contributed by atoms with Crippen molar-refractivity contribution in [2.24, 2.45) is 0 Å². The van der Waals surface area contributed by atoms with Crippen molar-refractivity contribution in [3.05, 3.63) is 84.1 Å². The van der Waals surface area contributed by atoms with Gasteiger partial charge in [0.15, 0.2) is 5.78 Å². The average molecular weight is 263 g/mol. The third-order valence-electron chi connectivity index (χ3n) is 2.92. The quantitative estimate of drug-likeness (QED) is 0.634. The molecule has 1 N–H and O–H groups in total. The number of ketones is 1. The number of nitrogens with one attached hydrogen (secondary N) is 1. The summed E-state index contributed by atoms with van der Waals surface area (Å²) >= 11 is 0. The number of benzene rings is 2. The van der Waals surface area contributed by atoms with Crippen LogP contribution in [0.3, 0.4) is 0 Å². The lowest BCUT2D eigenvalue weighted by molar-refractivity contribution is 0.104. The van der Waals surface area contributed by atoms with Gasteiger partial charge >= 0.3 is 0 Å². The lowest BCUT2D eigenvalue weighted by Gasteiger charge is -2.09. The summed E-state index contributed by atoms with van der Waals surface area (Å²) in [4.78, 5) is 12.1. The van der Waals surface area contributed by atoms with Crippen molar-refractivity contribution in [3.8, 4) is 0 Å². The summed E-state index contributed by atoms with van der Waals surface area (Å²) < 4.78 is 0. The van der Waals surface area contributed by atoms with E-state index in [0.29, 0.717) is 5.56 Å². The highest BCUT2D eigenvalue weighted by Crippen LogP contribution is 2.18. The Morgan fingerprint density at radius 3 is 2.40 bits per heavy atom. The van der Waals surface area contributed by atoms with Crippen molar-refractivity contribution in [3.63, 3.8) is 0 Å². The molecule has 2 aromatic rings. The van der Waals surface area contributed by atoms with Crippen LogP contribution in [0.15, 0.2) is 72.9 Å². The molecule has 0 bridgehead atoms. The van der Waals surface area contributed by atoms with Crippen LogP contribution in [-0.2, 0) is 0 Å². The number of para-hydroxylation sites is 1. The Bertz CT molecular complexity index is 641. The number of hydrogen-bond donors (Lipinski definition) is 1. The molecule has 0 aliphatic rings. The third kappa shape index (κ3) is 3.45. The van der Waals surface area contributed by atoms with Gasteiger partial charge in [0.05, 0.1) is 0 Å². The van der Waals surface area contributed by atoms with E-state index in [1.54, 1.807) is 12.2 Å². The summed E-state index contributed by atoms with van der Waals surface area (Å²) in [5, 5.41) is 3.23. The number of anilines is 1. The van der Waals surface area contributed by atoms with Crippen LogP contribution in [0.4, 0.5) is 5.69 Å². The smallest absolute Gasteiger partial charge is 0.187 e. The molecule has 0 radical (unpaired) electrons. The SMILES string of the molecule is C=Cc1ccccc1N/C(C)=C\C(=O)c1ccccc1. The molecule has 0 atom stereocenters. The number of carbonyl (C=O) groups excluding carboxylic acids is 1. The van der Waals surface area contributed by atoms with Crippen LogP contribution in [0.2, 0.25) is 0 Å². The van der Waals surface area contributed by atoms with Crippen molar-refractivity contribution in [1.29, 1.82) is 0 Å². The Morgan fingerprint density at radius 2 is 1.70 bits per heavy atom. The van der Waals surface area contributed by atoms with Crippen LogP contribution in [0, 0.1) is 0 Å². The van der Waals surface area contributed by atoms with Crippen LogP contribution >= 0.6 is 0 Å². The molecule has 0 saturated carbocycles. The molecule has 0 aliphatic carbocycles. The van der Waals surface area contributed by atoms with Crippen molar-refractivity contribution in [1.82, 2.24) is 0 Å². The minimum Gasteiger partial charge on any atom is -0.359 e. The van der Waals surface area contributed by atoms with E-state index < -0.39 is 0 Å². The molecule has 2 aromatic carbocycles. The van der Waals surface area contributed by atoms with Gasteiger partial charge in [0.1, 0.15) is 0 Å². The zero-order valence-corrected chi connectivity index (χ0v) is 11.5. The van der Waals surface area contributed by atoms with E-state index in [0.717, 1.165) is 16.9 Å². The molecule has 20 heavy (non-hydrogen) atoms. The molecular weight excluding hydrogens is 246 g/mol. The first-order valence-electron chi connectivity index (χ1n) is 6.47. The van der Waals surface area contributed by atoms with E-state index in [-0.39, 0.29) is 5.78 Å². The Balaban J connectivity index is 2.15. The highest BCUT2D eigenvalue weighted by molar-refractivity contribution is 6.05. The number of allylic oxidation sites excluding steroid dienone is 2. The van der Waals surface area contributed by atoms with Crippen LogP contribution in [0.25, 0.3) is 6.08 Å². The average Bonchev–Trinajstić information content (AvgIpc) is 2.48. The molecule has 0 aliphatic heterocycles. The van der Waals surface area contributed by atoms with E-state index in [9.17, 15) is 4.79 Å². The Hall–Kier alpha value is -2.61. The van der Waals surface area contributed by atoms with Crippen molar-refractivity contribution in [2.45, 2.75) is 6.92 Å². The predicted molar refractivity (Wildman–Crippen MR) is 84.7 cm³/mol. The van der Waals surface area contributed by atoms with E-state index >= 15 is 0 Å². The van der Waals surface area contributed by atoms with Crippen LogP contribution in [0.1, 0.15) is 22.8 Å². The molecular formula is C18H17NO. The van der Waals surface area contributed by atoms with Crippen LogP contribution in [0.5, 0.6) is 0 Å². The summed E-state index contributed by atoms with van der Waals surface area (Å²) in [6, 6.07) is 17.1. The minimum atomic E-state index is -0.00770. The highest BCUT2D eigenvalue weighted by Gasteiger charge is 2.03. The zero-order valence-electron chi connectivity index (χ0n) is 11.5. The Kier molecular flexibility index (Phi) is 4.51. The maximum absolute atomic E-state index is 12.1. The van der Waals surface area contributed by atoms with Gasteiger partial charge in [-0.05, 0) is 18.6 Å². The monoisotopic (exact) mass is 263 g/mol. The molecule has 0 spiro atoms. The highest BCUT2D eigenvalue weighted by atomic mass is 16.1. The summed E-state index contributed by atoms with van der Waals surface area (Å²) in [6.45, 7) is 5.66. The second-order valence-corrected chi connectivity index (χ2v) is 4.47. The summed E-state index contributed by atoms with van der Waals surface area (Å²) in [7, 11) is 0. The Labute approximate surface area is 119 Å². The number of hydrogen-bond acceptors (Lipinski definition) is 2. The maximum atomic E-state index is 12.1. The number of rotatable bonds is 5. The van der Waals surface area contributed by atoms with Gasteiger partial charge in [-0.15, -0.1) is 0 Å². The van der Waals surface area contributed by atoms with Crippen LogP contribution < -0.4 is 5.32 Å². The van der Waals surface area contributed by atoms with Gasteiger partial charge in [-0.2, -0.15) is 0 Å². The first-order chi connectivity index (χ1) is 9.70. The third-order valence-corrected chi connectivity index (χ3v) is 2.92. The van der Waals surface area contributed by atoms with Gasteiger partial charge in [-0.3, -0.25) is 4.79 Å². The second kappa shape index (κ2) is 6.53. The van der Waals surface area contributed by atoms with E-state index in [1.807, 2.05) is 61.5 Å². The second-order valence-electron chi connectivity index (χ2n) is 4.47. The largest absolute Gasteiger partial charge is 0.359 e. The molecule has 0 fully saturated rings. The number of carbonyl (C=O) groups is 1. The van der Waals surface area contributed by atoms with Gasteiger partial charge in [0.25, 0.3) is 0 Å². The van der Waals surface area contributed by atoms with Gasteiger partial charge in [0.2, 0.25) is 0 Å². The van der Waals surface area contributed by atoms with E-state index in [4.69, 9.17) is 0 Å². The molecule has 2 heteroatoms. The normalized spacial score (nSPS) is 10.9. The lowest BCUT2D eigenvalue weighted by Crippen LogP contribution is -2.02. The zero-order chi connectivity index (χ0) is 14.4. The standard InChI is InChI=1S/C18H17NO/c1-3-15-9-7-8-12-17(15)19-14(2)13-18(20)16-10-5-4-6-11-16/h3-13,19H,1H2,2H3/b14-13-. The fraction of sp³-hybridized carbons (Fsp3) is 0.0556. The molecule has 2 rings (SSSR count). The van der Waals surface area contributed by atoms with Crippen molar-refractivity contribution >= 4 is 17.5 Å². The summed E-state index contributed by atoms with van der Waals surface area (Å²) in [5.74, 6) is -0.00770. The molecule has 0 saturated heterocycles. The van der Waals surface area contributed by atoms with Crippen molar-refractivity contribution in [2.75, 3.05) is 5.32 Å². The van der Waals surface area contributed by atoms with Gasteiger partial charge in [-0.25, -0.2) is 0 Å². The topological polar surface area (TPSA) is 29.1 Å². The molecule has 0 aromatic heterocycles. The predicted octanol–water partition coefficient (Wildman–Crippen LogP) is 4.53. The maximum Gasteiger partial charge on any atom is 0.187 e. The van der Waals surface area contributed by atoms with Gasteiger partial charge in [0, 0.05) is 23.0 Å². The summed E-state index contributed by atoms with van der Waals surface area (Å²) in [6.07, 6.45) is 3.39. The molecule has 0 amide bonds. The van der Waals surface area contributed by atoms with E-state index in [1.165, 1.54) is 0 Å². The Morgan fingerprint density at radius 1 is 1.05 bits per heavy atom. The van der Waals surface area contributed by atoms with Gasteiger partial charge in [-0.1, -0.05) is 61.2 Å². The van der Waals surface area contributed by atoms with Crippen molar-refractivity contribution < 1.29 is 4.79 Å².